The van der Waals surface area contributed by atoms with Gasteiger partial charge in [-0.15, -0.1) is 0 Å². The maximum atomic E-state index is 10.8. The summed E-state index contributed by atoms with van der Waals surface area (Å²) in [5.41, 5.74) is 2.64. The van der Waals surface area contributed by atoms with E-state index < -0.39 is 6.09 Å². The minimum absolute atomic E-state index is 0.608. The molecule has 1 N–H and O–H groups in total. The van der Waals surface area contributed by atoms with E-state index in [2.05, 4.69) is 21.8 Å². The number of carbonyl (C=O) groups is 1. The minimum atomic E-state index is -1.14. The van der Waals surface area contributed by atoms with Gasteiger partial charge >= 0.3 is 6.09 Å². The number of hydrogen-bond donors (Lipinski definition) is 1. The van der Waals surface area contributed by atoms with Gasteiger partial charge in [0.2, 0.25) is 0 Å². The lowest BCUT2D eigenvalue weighted by atomic mass is 10.2. The third-order valence-electron chi connectivity index (χ3n) is 2.67. The third-order valence-corrected chi connectivity index (χ3v) is 2.67. The second-order valence-corrected chi connectivity index (χ2v) is 3.84. The highest BCUT2D eigenvalue weighted by atomic mass is 16.4. The van der Waals surface area contributed by atoms with Crippen molar-refractivity contribution in [3.8, 4) is 11.3 Å². The number of carboxylic acid groups (broad SMARTS) is 1. The molecule has 0 fully saturated rings. The topological polar surface area (TPSA) is 85.3 Å². The van der Waals surface area contributed by atoms with Gasteiger partial charge in [-0.2, -0.15) is 14.9 Å². The van der Waals surface area contributed by atoms with Crippen LogP contribution < -0.4 is 0 Å². The predicted molar refractivity (Wildman–Crippen MR) is 67.7 cm³/mol. The van der Waals surface area contributed by atoms with Crippen LogP contribution in [-0.2, 0) is 0 Å². The van der Waals surface area contributed by atoms with E-state index in [4.69, 9.17) is 5.11 Å². The van der Waals surface area contributed by atoms with E-state index in [0.717, 1.165) is 10.2 Å². The number of nitrogens with zero attached hydrogens (tertiary/aromatic N) is 5. The van der Waals surface area contributed by atoms with E-state index in [1.807, 2.05) is 0 Å². The number of fused-ring (bicyclic) bond motifs is 1. The first-order valence-electron chi connectivity index (χ1n) is 5.44. The molecular weight excluding hydrogens is 246 g/mol. The SMILES string of the molecule is C=Cc1cn2nccc2c(-c2cnn(C(=O)O)c2)n1. The minimum Gasteiger partial charge on any atom is -0.463 e. The molecular formula is C12H9N5O2. The Bertz CT molecular complexity index is 786. The quantitative estimate of drug-likeness (QED) is 0.754. The molecule has 3 aromatic heterocycles. The summed E-state index contributed by atoms with van der Waals surface area (Å²) in [7, 11) is 0. The van der Waals surface area contributed by atoms with Crippen LogP contribution in [0.5, 0.6) is 0 Å². The van der Waals surface area contributed by atoms with Crippen molar-refractivity contribution in [3.05, 3.63) is 43.1 Å². The summed E-state index contributed by atoms with van der Waals surface area (Å²) in [6.07, 6.45) is 6.71. The van der Waals surface area contributed by atoms with E-state index in [-0.39, 0.29) is 0 Å². The van der Waals surface area contributed by atoms with Gasteiger partial charge in [-0.25, -0.2) is 14.3 Å². The number of aromatic nitrogens is 5. The summed E-state index contributed by atoms with van der Waals surface area (Å²) in [5.74, 6) is 0. The summed E-state index contributed by atoms with van der Waals surface area (Å²) in [6.45, 7) is 3.67. The summed E-state index contributed by atoms with van der Waals surface area (Å²) < 4.78 is 2.50. The lowest BCUT2D eigenvalue weighted by Gasteiger charge is -2.02. The van der Waals surface area contributed by atoms with Gasteiger partial charge in [0.1, 0.15) is 0 Å². The maximum Gasteiger partial charge on any atom is 0.432 e. The highest BCUT2D eigenvalue weighted by Gasteiger charge is 2.12. The van der Waals surface area contributed by atoms with Gasteiger partial charge in [0, 0.05) is 11.8 Å². The van der Waals surface area contributed by atoms with Crippen LogP contribution in [0.1, 0.15) is 5.69 Å². The molecule has 0 aliphatic heterocycles. The van der Waals surface area contributed by atoms with Crippen LogP contribution in [0, 0.1) is 0 Å². The first-order valence-corrected chi connectivity index (χ1v) is 5.44. The van der Waals surface area contributed by atoms with Gasteiger partial charge in [0.05, 0.1) is 35.5 Å². The van der Waals surface area contributed by atoms with Gasteiger partial charge in [0.25, 0.3) is 0 Å². The molecule has 3 rings (SSSR count). The van der Waals surface area contributed by atoms with E-state index in [1.165, 1.54) is 12.4 Å². The summed E-state index contributed by atoms with van der Waals surface area (Å²) >= 11 is 0. The van der Waals surface area contributed by atoms with E-state index in [0.29, 0.717) is 17.0 Å². The molecule has 0 spiro atoms. The molecule has 7 heteroatoms. The van der Waals surface area contributed by atoms with Crippen LogP contribution in [0.25, 0.3) is 22.9 Å². The van der Waals surface area contributed by atoms with Crippen molar-refractivity contribution >= 4 is 17.7 Å². The predicted octanol–water partition coefficient (Wildman–Crippen LogP) is 1.76. The molecule has 94 valence electrons. The Morgan fingerprint density at radius 3 is 2.89 bits per heavy atom. The zero-order valence-electron chi connectivity index (χ0n) is 9.76. The molecule has 0 radical (unpaired) electrons. The fourth-order valence-corrected chi connectivity index (χ4v) is 1.81. The van der Waals surface area contributed by atoms with Gasteiger partial charge in [-0.05, 0) is 12.1 Å². The van der Waals surface area contributed by atoms with Crippen molar-refractivity contribution in [1.29, 1.82) is 0 Å². The summed E-state index contributed by atoms with van der Waals surface area (Å²) in [4.78, 5) is 15.2. The second-order valence-electron chi connectivity index (χ2n) is 3.84. The maximum absolute atomic E-state index is 10.8. The highest BCUT2D eigenvalue weighted by Crippen LogP contribution is 2.22. The Morgan fingerprint density at radius 1 is 1.37 bits per heavy atom. The molecule has 0 bridgehead atoms. The Kier molecular flexibility index (Phi) is 2.38. The monoisotopic (exact) mass is 255 g/mol. The van der Waals surface area contributed by atoms with Crippen molar-refractivity contribution in [1.82, 2.24) is 24.4 Å². The molecule has 3 heterocycles. The molecule has 0 aliphatic carbocycles. The van der Waals surface area contributed by atoms with Gasteiger partial charge in [-0.3, -0.25) is 0 Å². The average Bonchev–Trinajstić information content (AvgIpc) is 3.06. The fourth-order valence-electron chi connectivity index (χ4n) is 1.81. The summed E-state index contributed by atoms with van der Waals surface area (Å²) in [6, 6.07) is 1.80. The number of hydrogen-bond acceptors (Lipinski definition) is 4. The highest BCUT2D eigenvalue weighted by molar-refractivity contribution is 5.78. The molecule has 19 heavy (non-hydrogen) atoms. The lowest BCUT2D eigenvalue weighted by molar-refractivity contribution is 0.192. The van der Waals surface area contributed by atoms with E-state index in [1.54, 1.807) is 29.1 Å². The van der Waals surface area contributed by atoms with E-state index >= 15 is 0 Å². The molecule has 7 nitrogen and oxygen atoms in total. The standard InChI is InChI=1S/C12H9N5O2/c1-2-9-7-16-10(3-4-13-16)11(15-9)8-5-14-17(6-8)12(18)19/h2-7H,1H2,(H,18,19). The molecule has 0 amide bonds. The molecule has 0 unspecified atom stereocenters. The van der Waals surface area contributed by atoms with Gasteiger partial charge in [-0.1, -0.05) is 6.58 Å². The van der Waals surface area contributed by atoms with Crippen molar-refractivity contribution in [2.24, 2.45) is 0 Å². The van der Waals surface area contributed by atoms with Crippen LogP contribution in [-0.4, -0.2) is 35.6 Å². The second kappa shape index (κ2) is 4.05. The Hall–Kier alpha value is -2.96. The molecule has 0 saturated carbocycles. The van der Waals surface area contributed by atoms with Crippen molar-refractivity contribution < 1.29 is 9.90 Å². The first kappa shape index (κ1) is 11.1. The zero-order valence-corrected chi connectivity index (χ0v) is 9.76. The fraction of sp³-hybridized carbons (Fsp3) is 0. The Balaban J connectivity index is 2.24. The van der Waals surface area contributed by atoms with Crippen molar-refractivity contribution in [2.45, 2.75) is 0 Å². The zero-order chi connectivity index (χ0) is 13.4. The molecule has 0 aliphatic rings. The van der Waals surface area contributed by atoms with Gasteiger partial charge in [0.15, 0.2) is 0 Å². The summed E-state index contributed by atoms with van der Waals surface area (Å²) in [5, 5.41) is 16.8. The van der Waals surface area contributed by atoms with Crippen molar-refractivity contribution in [3.63, 3.8) is 0 Å². The first-order chi connectivity index (χ1) is 9.19. The van der Waals surface area contributed by atoms with Crippen LogP contribution in [0.4, 0.5) is 4.79 Å². The number of rotatable bonds is 2. The van der Waals surface area contributed by atoms with Crippen LogP contribution in [0.15, 0.2) is 37.4 Å². The largest absolute Gasteiger partial charge is 0.463 e. The third kappa shape index (κ3) is 1.77. The average molecular weight is 255 g/mol. The van der Waals surface area contributed by atoms with Crippen LogP contribution >= 0.6 is 0 Å². The molecule has 0 atom stereocenters. The normalized spacial score (nSPS) is 10.7. The molecule has 3 aromatic rings. The smallest absolute Gasteiger partial charge is 0.432 e. The Labute approximate surface area is 107 Å². The lowest BCUT2D eigenvalue weighted by Crippen LogP contribution is -2.07. The van der Waals surface area contributed by atoms with Crippen molar-refractivity contribution in [2.75, 3.05) is 0 Å². The Morgan fingerprint density at radius 2 is 2.21 bits per heavy atom. The molecule has 0 saturated heterocycles. The van der Waals surface area contributed by atoms with E-state index in [9.17, 15) is 4.79 Å². The van der Waals surface area contributed by atoms with Crippen LogP contribution in [0.2, 0.25) is 0 Å². The van der Waals surface area contributed by atoms with Crippen LogP contribution in [0.3, 0.4) is 0 Å². The van der Waals surface area contributed by atoms with Gasteiger partial charge < -0.3 is 5.11 Å². The molecule has 0 aromatic carbocycles.